The van der Waals surface area contributed by atoms with E-state index >= 15 is 0 Å². The van der Waals surface area contributed by atoms with Crippen molar-refractivity contribution in [2.45, 2.75) is 20.4 Å². The number of rotatable bonds is 6. The van der Waals surface area contributed by atoms with E-state index in [1.807, 2.05) is 29.9 Å². The third kappa shape index (κ3) is 4.08. The molecule has 0 atom stereocenters. The Hall–Kier alpha value is -3.53. The van der Waals surface area contributed by atoms with Crippen molar-refractivity contribution in [2.75, 3.05) is 12.4 Å². The van der Waals surface area contributed by atoms with Crippen LogP contribution in [-0.4, -0.2) is 16.9 Å². The highest BCUT2D eigenvalue weighted by molar-refractivity contribution is 5.70. The number of nitrogens with one attached hydrogen (secondary N) is 1. The summed E-state index contributed by atoms with van der Waals surface area (Å²) >= 11 is 0. The number of para-hydroxylation sites is 1. The summed E-state index contributed by atoms with van der Waals surface area (Å²) in [6, 6.07) is 25.3. The molecular formula is C26H27N3O. The minimum absolute atomic E-state index is 0.675. The van der Waals surface area contributed by atoms with Crippen LogP contribution in [0.4, 0.5) is 5.82 Å². The molecule has 152 valence electrons. The molecule has 1 heterocycles. The molecule has 30 heavy (non-hydrogen) atoms. The van der Waals surface area contributed by atoms with E-state index in [-0.39, 0.29) is 0 Å². The highest BCUT2D eigenvalue weighted by Gasteiger charge is 2.09. The molecule has 0 fully saturated rings. The zero-order valence-corrected chi connectivity index (χ0v) is 17.9. The summed E-state index contributed by atoms with van der Waals surface area (Å²) in [5.41, 5.74) is 8.25. The average molecular weight is 398 g/mol. The molecule has 0 radical (unpaired) electrons. The van der Waals surface area contributed by atoms with Crippen LogP contribution in [0.1, 0.15) is 16.7 Å². The lowest BCUT2D eigenvalue weighted by molar-refractivity contribution is 0.410. The lowest BCUT2D eigenvalue weighted by atomic mass is 9.99. The molecule has 0 saturated heterocycles. The summed E-state index contributed by atoms with van der Waals surface area (Å²) in [4.78, 5) is 0. The van der Waals surface area contributed by atoms with Crippen LogP contribution in [0.2, 0.25) is 0 Å². The summed E-state index contributed by atoms with van der Waals surface area (Å²) in [5.74, 6) is 1.85. The van der Waals surface area contributed by atoms with E-state index in [0.717, 1.165) is 28.4 Å². The molecule has 0 unspecified atom stereocenters. The van der Waals surface area contributed by atoms with Gasteiger partial charge in [-0.15, -0.1) is 0 Å². The van der Waals surface area contributed by atoms with E-state index in [0.29, 0.717) is 6.54 Å². The largest absolute Gasteiger partial charge is 0.496 e. The van der Waals surface area contributed by atoms with E-state index in [1.165, 1.54) is 22.3 Å². The molecule has 0 aliphatic carbocycles. The van der Waals surface area contributed by atoms with Gasteiger partial charge in [0.25, 0.3) is 0 Å². The third-order valence-corrected chi connectivity index (χ3v) is 5.55. The van der Waals surface area contributed by atoms with Gasteiger partial charge in [0.1, 0.15) is 11.6 Å². The Morgan fingerprint density at radius 1 is 0.833 bits per heavy atom. The van der Waals surface area contributed by atoms with Crippen molar-refractivity contribution < 1.29 is 4.74 Å². The lowest BCUT2D eigenvalue weighted by Gasteiger charge is -2.10. The molecule has 0 spiro atoms. The van der Waals surface area contributed by atoms with E-state index in [9.17, 15) is 0 Å². The first-order valence-corrected chi connectivity index (χ1v) is 10.1. The second-order valence-corrected chi connectivity index (χ2v) is 7.58. The molecule has 4 heteroatoms. The van der Waals surface area contributed by atoms with Gasteiger partial charge in [-0.25, -0.2) is 0 Å². The summed E-state index contributed by atoms with van der Waals surface area (Å²) in [5, 5.41) is 8.15. The molecule has 0 amide bonds. The van der Waals surface area contributed by atoms with Crippen LogP contribution in [0.5, 0.6) is 5.75 Å². The molecule has 4 nitrogen and oxygen atoms in total. The predicted octanol–water partition coefficient (Wildman–Crippen LogP) is 5.99. The summed E-state index contributed by atoms with van der Waals surface area (Å²) in [6.45, 7) is 4.97. The zero-order valence-electron chi connectivity index (χ0n) is 17.9. The van der Waals surface area contributed by atoms with Gasteiger partial charge in [0, 0.05) is 30.8 Å². The number of methoxy groups -OCH3 is 1. The number of ether oxygens (including phenoxy) is 1. The number of hydrogen-bond donors (Lipinski definition) is 1. The molecule has 0 saturated carbocycles. The SMILES string of the molecule is COc1ccccc1CNc1cc(-c2ccc(-c3ccc(C)c(C)c3)cc2)nn1C. The first kappa shape index (κ1) is 19.8. The van der Waals surface area contributed by atoms with Crippen LogP contribution < -0.4 is 10.1 Å². The van der Waals surface area contributed by atoms with Crippen LogP contribution in [-0.2, 0) is 13.6 Å². The molecule has 1 aromatic heterocycles. The summed E-state index contributed by atoms with van der Waals surface area (Å²) in [7, 11) is 3.65. The summed E-state index contributed by atoms with van der Waals surface area (Å²) in [6.07, 6.45) is 0. The standard InChI is InChI=1S/C26H27N3O/c1-18-9-10-22(15-19(18)2)20-11-13-21(14-12-20)24-16-26(29(3)28-24)27-17-23-7-5-6-8-25(23)30-4/h5-16,27H,17H2,1-4H3. The molecule has 4 rings (SSSR count). The fraction of sp³-hybridized carbons (Fsp3) is 0.192. The molecule has 0 bridgehead atoms. The number of benzene rings is 3. The van der Waals surface area contributed by atoms with Gasteiger partial charge in [0.15, 0.2) is 0 Å². The maximum Gasteiger partial charge on any atom is 0.124 e. The fourth-order valence-electron chi connectivity index (χ4n) is 3.56. The van der Waals surface area contributed by atoms with E-state index in [2.05, 4.69) is 78.9 Å². The fourth-order valence-corrected chi connectivity index (χ4v) is 3.56. The third-order valence-electron chi connectivity index (χ3n) is 5.55. The van der Waals surface area contributed by atoms with Crippen LogP contribution in [0.3, 0.4) is 0 Å². The minimum Gasteiger partial charge on any atom is -0.496 e. The van der Waals surface area contributed by atoms with Crippen LogP contribution in [0.25, 0.3) is 22.4 Å². The van der Waals surface area contributed by atoms with Crippen molar-refractivity contribution in [2.24, 2.45) is 7.05 Å². The molecule has 3 aromatic carbocycles. The number of hydrogen-bond acceptors (Lipinski definition) is 3. The minimum atomic E-state index is 0.675. The monoisotopic (exact) mass is 397 g/mol. The first-order valence-electron chi connectivity index (χ1n) is 10.1. The second kappa shape index (κ2) is 8.46. The Labute approximate surface area is 178 Å². The van der Waals surface area contributed by atoms with Crippen LogP contribution in [0.15, 0.2) is 72.8 Å². The van der Waals surface area contributed by atoms with Crippen molar-refractivity contribution in [1.82, 2.24) is 9.78 Å². The van der Waals surface area contributed by atoms with Gasteiger partial charge in [-0.05, 0) is 42.2 Å². The normalized spacial score (nSPS) is 10.8. The molecule has 1 N–H and O–H groups in total. The van der Waals surface area contributed by atoms with Crippen LogP contribution >= 0.6 is 0 Å². The van der Waals surface area contributed by atoms with Gasteiger partial charge in [0.2, 0.25) is 0 Å². The Bertz CT molecular complexity index is 1160. The van der Waals surface area contributed by atoms with E-state index in [1.54, 1.807) is 7.11 Å². The highest BCUT2D eigenvalue weighted by Crippen LogP contribution is 2.27. The molecule has 0 aliphatic rings. The molecular weight excluding hydrogens is 370 g/mol. The molecule has 0 aliphatic heterocycles. The Morgan fingerprint density at radius 2 is 1.53 bits per heavy atom. The van der Waals surface area contributed by atoms with Gasteiger partial charge in [-0.2, -0.15) is 5.10 Å². The maximum atomic E-state index is 5.44. The number of aromatic nitrogens is 2. The van der Waals surface area contributed by atoms with Gasteiger partial charge >= 0.3 is 0 Å². The van der Waals surface area contributed by atoms with Gasteiger partial charge in [-0.1, -0.05) is 60.7 Å². The summed E-state index contributed by atoms with van der Waals surface area (Å²) < 4.78 is 7.31. The smallest absolute Gasteiger partial charge is 0.124 e. The van der Waals surface area contributed by atoms with E-state index < -0.39 is 0 Å². The van der Waals surface area contributed by atoms with Crippen molar-refractivity contribution >= 4 is 5.82 Å². The topological polar surface area (TPSA) is 39.1 Å². The van der Waals surface area contributed by atoms with Crippen molar-refractivity contribution in [3.05, 3.63) is 89.5 Å². The quantitative estimate of drug-likeness (QED) is 0.434. The second-order valence-electron chi connectivity index (χ2n) is 7.58. The Balaban J connectivity index is 1.51. The average Bonchev–Trinajstić information content (AvgIpc) is 3.15. The number of anilines is 1. The Kier molecular flexibility index (Phi) is 5.57. The van der Waals surface area contributed by atoms with Crippen molar-refractivity contribution in [3.63, 3.8) is 0 Å². The van der Waals surface area contributed by atoms with Crippen molar-refractivity contribution in [3.8, 4) is 28.1 Å². The van der Waals surface area contributed by atoms with E-state index in [4.69, 9.17) is 4.74 Å². The number of aryl methyl sites for hydroxylation is 3. The van der Waals surface area contributed by atoms with Gasteiger partial charge < -0.3 is 10.1 Å². The maximum absolute atomic E-state index is 5.44. The lowest BCUT2D eigenvalue weighted by Crippen LogP contribution is -2.05. The van der Waals surface area contributed by atoms with Gasteiger partial charge in [0.05, 0.1) is 12.8 Å². The number of nitrogens with zero attached hydrogens (tertiary/aromatic N) is 2. The predicted molar refractivity (Wildman–Crippen MR) is 124 cm³/mol. The first-order chi connectivity index (χ1) is 14.5. The van der Waals surface area contributed by atoms with Gasteiger partial charge in [-0.3, -0.25) is 4.68 Å². The Morgan fingerprint density at radius 3 is 2.27 bits per heavy atom. The molecule has 4 aromatic rings. The zero-order chi connectivity index (χ0) is 21.1. The van der Waals surface area contributed by atoms with Crippen molar-refractivity contribution in [1.29, 1.82) is 0 Å². The highest BCUT2D eigenvalue weighted by atomic mass is 16.5. The van der Waals surface area contributed by atoms with Crippen LogP contribution in [0, 0.1) is 13.8 Å².